The summed E-state index contributed by atoms with van der Waals surface area (Å²) in [6.45, 7) is 6.21. The van der Waals surface area contributed by atoms with Gasteiger partial charge in [-0.1, -0.05) is 6.42 Å². The van der Waals surface area contributed by atoms with Crippen LogP contribution < -0.4 is 4.90 Å². The molecule has 0 aromatic heterocycles. The smallest absolute Gasteiger partial charge is 0.128 e. The van der Waals surface area contributed by atoms with Crippen LogP contribution in [0, 0.1) is 12.7 Å². The molecule has 0 bridgehead atoms. The summed E-state index contributed by atoms with van der Waals surface area (Å²) < 4.78 is 14.7. The highest BCUT2D eigenvalue weighted by Gasteiger charge is 2.22. The van der Waals surface area contributed by atoms with Crippen LogP contribution >= 0.6 is 0 Å². The van der Waals surface area contributed by atoms with Crippen molar-refractivity contribution in [1.29, 1.82) is 0 Å². The average molecular weight is 334 g/mol. The van der Waals surface area contributed by atoms with Crippen molar-refractivity contribution in [1.82, 2.24) is 4.90 Å². The molecule has 2 saturated heterocycles. The number of aliphatic hydroxyl groups is 1. The number of rotatable bonds is 5. The molecule has 1 aromatic carbocycles. The van der Waals surface area contributed by atoms with Gasteiger partial charge in [-0.25, -0.2) is 4.39 Å². The van der Waals surface area contributed by atoms with Crippen LogP contribution in [0.15, 0.2) is 12.1 Å². The van der Waals surface area contributed by atoms with Crippen LogP contribution in [0.3, 0.4) is 0 Å². The molecule has 2 fully saturated rings. The topological polar surface area (TPSA) is 26.7 Å². The van der Waals surface area contributed by atoms with E-state index in [9.17, 15) is 9.50 Å². The average Bonchev–Trinajstić information content (AvgIpc) is 2.62. The van der Waals surface area contributed by atoms with E-state index in [0.717, 1.165) is 55.8 Å². The SMILES string of the molecule is Cc1cc(N2CCCCC2)cc(F)c1CCN1CCCC[C@H]1CO. The number of benzene rings is 1. The molecule has 2 heterocycles. The fourth-order valence-corrected chi connectivity index (χ4v) is 4.22. The first-order chi connectivity index (χ1) is 11.7. The Labute approximate surface area is 145 Å². The number of nitrogens with zero attached hydrogens (tertiary/aromatic N) is 2. The number of piperidine rings is 2. The second-order valence-electron chi connectivity index (χ2n) is 7.39. The van der Waals surface area contributed by atoms with Gasteiger partial charge in [-0.2, -0.15) is 0 Å². The van der Waals surface area contributed by atoms with Crippen LogP contribution in [0.2, 0.25) is 0 Å². The lowest BCUT2D eigenvalue weighted by molar-refractivity contribution is 0.0911. The minimum atomic E-state index is -0.0619. The minimum Gasteiger partial charge on any atom is -0.395 e. The Kier molecular flexibility index (Phi) is 6.12. The minimum absolute atomic E-state index is 0.0619. The molecule has 1 aromatic rings. The Morgan fingerprint density at radius 1 is 1.08 bits per heavy atom. The van der Waals surface area contributed by atoms with E-state index in [1.54, 1.807) is 6.07 Å². The highest BCUT2D eigenvalue weighted by Crippen LogP contribution is 2.26. The lowest BCUT2D eigenvalue weighted by atomic mass is 9.99. The number of anilines is 1. The van der Waals surface area contributed by atoms with Gasteiger partial charge in [-0.05, 0) is 75.3 Å². The van der Waals surface area contributed by atoms with E-state index >= 15 is 0 Å². The molecule has 2 aliphatic heterocycles. The molecule has 24 heavy (non-hydrogen) atoms. The molecule has 0 unspecified atom stereocenters. The van der Waals surface area contributed by atoms with Crippen molar-refractivity contribution in [2.24, 2.45) is 0 Å². The van der Waals surface area contributed by atoms with Crippen LogP contribution in [0.25, 0.3) is 0 Å². The van der Waals surface area contributed by atoms with Gasteiger partial charge in [0.15, 0.2) is 0 Å². The second kappa shape index (κ2) is 8.30. The first kappa shape index (κ1) is 17.7. The largest absolute Gasteiger partial charge is 0.395 e. The van der Waals surface area contributed by atoms with E-state index in [4.69, 9.17) is 0 Å². The molecular formula is C20H31FN2O. The fourth-order valence-electron chi connectivity index (χ4n) is 4.22. The molecule has 2 aliphatic rings. The van der Waals surface area contributed by atoms with Crippen molar-refractivity contribution < 1.29 is 9.50 Å². The van der Waals surface area contributed by atoms with Crippen LogP contribution in [0.4, 0.5) is 10.1 Å². The molecule has 0 amide bonds. The summed E-state index contributed by atoms with van der Waals surface area (Å²) in [4.78, 5) is 4.65. The van der Waals surface area contributed by atoms with Gasteiger partial charge in [0.25, 0.3) is 0 Å². The van der Waals surface area contributed by atoms with E-state index in [1.807, 2.05) is 6.92 Å². The third-order valence-electron chi connectivity index (χ3n) is 5.73. The third kappa shape index (κ3) is 4.09. The standard InChI is InChI=1S/C20H31FN2O/c1-16-13-18(22-9-4-2-5-10-22)14-20(21)19(16)8-12-23-11-6-3-7-17(23)15-24/h13-14,17,24H,2-12,15H2,1H3/t17-/m0/s1. The summed E-state index contributed by atoms with van der Waals surface area (Å²) in [6.07, 6.45) is 7.88. The Morgan fingerprint density at radius 2 is 1.83 bits per heavy atom. The molecule has 0 radical (unpaired) electrons. The summed E-state index contributed by atoms with van der Waals surface area (Å²) in [6, 6.07) is 4.14. The monoisotopic (exact) mass is 334 g/mol. The van der Waals surface area contributed by atoms with E-state index in [0.29, 0.717) is 0 Å². The zero-order chi connectivity index (χ0) is 16.9. The maximum absolute atomic E-state index is 14.7. The number of hydrogen-bond acceptors (Lipinski definition) is 3. The number of aliphatic hydroxyl groups excluding tert-OH is 1. The van der Waals surface area contributed by atoms with Crippen molar-refractivity contribution in [3.05, 3.63) is 29.1 Å². The van der Waals surface area contributed by atoms with E-state index < -0.39 is 0 Å². The predicted molar refractivity (Wildman–Crippen MR) is 97.2 cm³/mol. The first-order valence-electron chi connectivity index (χ1n) is 9.58. The summed E-state index contributed by atoms with van der Waals surface area (Å²) >= 11 is 0. The zero-order valence-electron chi connectivity index (χ0n) is 14.9. The van der Waals surface area contributed by atoms with Gasteiger partial charge in [-0.15, -0.1) is 0 Å². The lowest BCUT2D eigenvalue weighted by Gasteiger charge is -2.34. The van der Waals surface area contributed by atoms with Crippen molar-refractivity contribution >= 4 is 5.69 Å². The second-order valence-corrected chi connectivity index (χ2v) is 7.39. The third-order valence-corrected chi connectivity index (χ3v) is 5.73. The van der Waals surface area contributed by atoms with Crippen molar-refractivity contribution in [2.75, 3.05) is 37.7 Å². The maximum Gasteiger partial charge on any atom is 0.128 e. The maximum atomic E-state index is 14.7. The molecule has 134 valence electrons. The lowest BCUT2D eigenvalue weighted by Crippen LogP contribution is -2.42. The molecule has 0 aliphatic carbocycles. The van der Waals surface area contributed by atoms with Gasteiger partial charge in [-0.3, -0.25) is 4.90 Å². The molecule has 0 saturated carbocycles. The van der Waals surface area contributed by atoms with E-state index in [-0.39, 0.29) is 18.5 Å². The normalized spacial score (nSPS) is 22.8. The first-order valence-corrected chi connectivity index (χ1v) is 9.58. The van der Waals surface area contributed by atoms with Gasteiger partial charge in [0.2, 0.25) is 0 Å². The number of hydrogen-bond donors (Lipinski definition) is 1. The van der Waals surface area contributed by atoms with Crippen LogP contribution in [0.5, 0.6) is 0 Å². The van der Waals surface area contributed by atoms with Crippen molar-refractivity contribution in [3.8, 4) is 0 Å². The molecule has 3 nitrogen and oxygen atoms in total. The van der Waals surface area contributed by atoms with Crippen LogP contribution in [0.1, 0.15) is 49.7 Å². The number of halogens is 1. The Balaban J connectivity index is 1.67. The Morgan fingerprint density at radius 3 is 2.54 bits per heavy atom. The highest BCUT2D eigenvalue weighted by molar-refractivity contribution is 5.51. The van der Waals surface area contributed by atoms with Gasteiger partial charge >= 0.3 is 0 Å². The number of likely N-dealkylation sites (tertiary alicyclic amines) is 1. The van der Waals surface area contributed by atoms with E-state index in [2.05, 4.69) is 15.9 Å². The van der Waals surface area contributed by atoms with E-state index in [1.165, 1.54) is 32.1 Å². The highest BCUT2D eigenvalue weighted by atomic mass is 19.1. The summed E-state index contributed by atoms with van der Waals surface area (Å²) in [5, 5.41) is 9.53. The summed E-state index contributed by atoms with van der Waals surface area (Å²) in [7, 11) is 0. The van der Waals surface area contributed by atoms with Crippen molar-refractivity contribution in [2.45, 2.75) is 57.9 Å². The Bertz CT molecular complexity index is 519. The molecule has 3 rings (SSSR count). The fraction of sp³-hybridized carbons (Fsp3) is 0.700. The van der Waals surface area contributed by atoms with Crippen LogP contribution in [-0.4, -0.2) is 48.8 Å². The van der Waals surface area contributed by atoms with Gasteiger partial charge in [0.05, 0.1) is 6.61 Å². The summed E-state index contributed by atoms with van der Waals surface area (Å²) in [5.41, 5.74) is 2.95. The summed E-state index contributed by atoms with van der Waals surface area (Å²) in [5.74, 6) is -0.0619. The molecule has 1 atom stereocenters. The molecule has 1 N–H and O–H groups in total. The predicted octanol–water partition coefficient (Wildman–Crippen LogP) is 3.51. The Hall–Kier alpha value is -1.13. The van der Waals surface area contributed by atoms with Gasteiger partial charge in [0, 0.05) is 31.4 Å². The quantitative estimate of drug-likeness (QED) is 0.892. The van der Waals surface area contributed by atoms with Gasteiger partial charge in [0.1, 0.15) is 5.82 Å². The molecule has 0 spiro atoms. The molecule has 4 heteroatoms. The zero-order valence-corrected chi connectivity index (χ0v) is 14.9. The van der Waals surface area contributed by atoms with Gasteiger partial charge < -0.3 is 10.0 Å². The van der Waals surface area contributed by atoms with Crippen LogP contribution in [-0.2, 0) is 6.42 Å². The molecular weight excluding hydrogens is 303 g/mol. The number of aryl methyl sites for hydroxylation is 1. The van der Waals surface area contributed by atoms with Crippen molar-refractivity contribution in [3.63, 3.8) is 0 Å².